The first-order valence-corrected chi connectivity index (χ1v) is 11.3. The second kappa shape index (κ2) is 9.97. The van der Waals surface area contributed by atoms with Crippen molar-refractivity contribution in [2.45, 2.75) is 17.4 Å². The molecule has 176 valence electrons. The Balaban J connectivity index is 1.53. The fraction of sp³-hybridized carbons (Fsp3) is 0.143. The van der Waals surface area contributed by atoms with E-state index in [0.717, 1.165) is 0 Å². The van der Waals surface area contributed by atoms with Crippen molar-refractivity contribution in [3.63, 3.8) is 0 Å². The third kappa shape index (κ3) is 5.55. The van der Waals surface area contributed by atoms with E-state index in [1.807, 2.05) is 0 Å². The number of halogens is 3. The minimum absolute atomic E-state index is 0.0937. The minimum atomic E-state index is -3.81. The quantitative estimate of drug-likeness (QED) is 0.364. The number of alkyl halides is 2. The first-order chi connectivity index (χ1) is 16.3. The summed E-state index contributed by atoms with van der Waals surface area (Å²) in [7, 11) is -3.81. The van der Waals surface area contributed by atoms with Gasteiger partial charge in [0.1, 0.15) is 5.82 Å². The maximum atomic E-state index is 13.4. The van der Waals surface area contributed by atoms with Gasteiger partial charge in [-0.2, -0.15) is 8.78 Å². The number of nitrogens with zero attached hydrogens (tertiary/aromatic N) is 4. The molecule has 13 heteroatoms. The van der Waals surface area contributed by atoms with Crippen molar-refractivity contribution >= 4 is 16.0 Å². The number of sulfonamides is 1. The fourth-order valence-corrected chi connectivity index (χ4v) is 4.00. The zero-order valence-corrected chi connectivity index (χ0v) is 18.1. The smallest absolute Gasteiger partial charge is 0.314 e. The average Bonchev–Trinajstić information content (AvgIpc) is 3.34. The standard InChI is InChI=1S/C21H17F3N6O3S/c22-15-8-6-13(7-9-15)17(12-27-34(31,32)16-4-2-1-3-5-16)28-21-25-10-14(11-26-21)19-29-30-20(33-19)18(23)24/h1-11,17-18,27H,12H2,(H,25,26,28). The van der Waals surface area contributed by atoms with Crippen molar-refractivity contribution in [1.29, 1.82) is 0 Å². The second-order valence-corrected chi connectivity index (χ2v) is 8.72. The van der Waals surface area contributed by atoms with E-state index in [1.54, 1.807) is 18.2 Å². The number of hydrogen-bond acceptors (Lipinski definition) is 8. The first-order valence-electron chi connectivity index (χ1n) is 9.82. The zero-order valence-electron chi connectivity index (χ0n) is 17.3. The molecule has 2 heterocycles. The average molecular weight is 490 g/mol. The van der Waals surface area contributed by atoms with Crippen molar-refractivity contribution in [2.24, 2.45) is 0 Å². The molecule has 0 spiro atoms. The monoisotopic (exact) mass is 490 g/mol. The van der Waals surface area contributed by atoms with E-state index < -0.39 is 34.2 Å². The molecule has 2 aromatic carbocycles. The highest BCUT2D eigenvalue weighted by Crippen LogP contribution is 2.23. The van der Waals surface area contributed by atoms with E-state index in [2.05, 4.69) is 30.2 Å². The van der Waals surface area contributed by atoms with Gasteiger partial charge in [-0.3, -0.25) is 0 Å². The van der Waals surface area contributed by atoms with Crippen LogP contribution in [0.15, 0.2) is 76.3 Å². The molecule has 0 saturated carbocycles. The lowest BCUT2D eigenvalue weighted by Crippen LogP contribution is -2.32. The van der Waals surface area contributed by atoms with E-state index in [4.69, 9.17) is 4.42 Å². The molecular weight excluding hydrogens is 473 g/mol. The highest BCUT2D eigenvalue weighted by Gasteiger charge is 2.20. The van der Waals surface area contributed by atoms with E-state index >= 15 is 0 Å². The number of anilines is 1. The predicted molar refractivity (Wildman–Crippen MR) is 115 cm³/mol. The largest absolute Gasteiger partial charge is 0.415 e. The highest BCUT2D eigenvalue weighted by molar-refractivity contribution is 7.89. The van der Waals surface area contributed by atoms with E-state index in [-0.39, 0.29) is 28.8 Å². The molecule has 2 aromatic heterocycles. The Kier molecular flexibility index (Phi) is 6.84. The van der Waals surface area contributed by atoms with Crippen molar-refractivity contribution in [3.8, 4) is 11.5 Å². The van der Waals surface area contributed by atoms with Gasteiger partial charge in [-0.1, -0.05) is 30.3 Å². The van der Waals surface area contributed by atoms with Gasteiger partial charge in [0.05, 0.1) is 16.5 Å². The predicted octanol–water partition coefficient (Wildman–Crippen LogP) is 3.74. The van der Waals surface area contributed by atoms with Gasteiger partial charge in [-0.05, 0) is 29.8 Å². The molecule has 0 aliphatic heterocycles. The van der Waals surface area contributed by atoms with Crippen LogP contribution in [0.25, 0.3) is 11.5 Å². The third-order valence-electron chi connectivity index (χ3n) is 4.63. The van der Waals surface area contributed by atoms with Crippen molar-refractivity contribution in [3.05, 3.63) is 84.3 Å². The summed E-state index contributed by atoms with van der Waals surface area (Å²) in [5, 5.41) is 9.76. The summed E-state index contributed by atoms with van der Waals surface area (Å²) in [5.74, 6) is -1.34. The van der Waals surface area contributed by atoms with Gasteiger partial charge in [0.15, 0.2) is 0 Å². The Labute approximate surface area is 192 Å². The molecule has 0 radical (unpaired) electrons. The normalized spacial score (nSPS) is 12.6. The molecular formula is C21H17F3N6O3S. The van der Waals surface area contributed by atoms with Gasteiger partial charge < -0.3 is 9.73 Å². The van der Waals surface area contributed by atoms with E-state index in [9.17, 15) is 21.6 Å². The summed E-state index contributed by atoms with van der Waals surface area (Å²) in [4.78, 5) is 8.31. The number of benzene rings is 2. The van der Waals surface area contributed by atoms with Gasteiger partial charge in [-0.15, -0.1) is 10.2 Å². The van der Waals surface area contributed by atoms with Gasteiger partial charge in [0.2, 0.25) is 16.0 Å². The molecule has 1 unspecified atom stereocenters. The SMILES string of the molecule is O=S(=O)(NCC(Nc1ncc(-c2nnc(C(F)F)o2)cn1)c1ccc(F)cc1)c1ccccc1. The summed E-state index contributed by atoms with van der Waals surface area (Å²) in [6.07, 6.45) is -0.332. The molecule has 4 rings (SSSR count). The second-order valence-electron chi connectivity index (χ2n) is 6.95. The van der Waals surface area contributed by atoms with E-state index in [1.165, 1.54) is 48.8 Å². The summed E-state index contributed by atoms with van der Waals surface area (Å²) in [5.41, 5.74) is 0.788. The van der Waals surface area contributed by atoms with Crippen molar-refractivity contribution in [1.82, 2.24) is 24.9 Å². The molecule has 0 fully saturated rings. The highest BCUT2D eigenvalue weighted by atomic mass is 32.2. The Morgan fingerprint density at radius 1 is 0.941 bits per heavy atom. The summed E-state index contributed by atoms with van der Waals surface area (Å²) in [6.45, 7) is -0.102. The number of aromatic nitrogens is 4. The van der Waals surface area contributed by atoms with E-state index in [0.29, 0.717) is 5.56 Å². The van der Waals surface area contributed by atoms with Crippen LogP contribution >= 0.6 is 0 Å². The fourth-order valence-electron chi connectivity index (χ4n) is 2.93. The zero-order chi connectivity index (χ0) is 24.1. The van der Waals surface area contributed by atoms with Crippen LogP contribution in [-0.4, -0.2) is 35.1 Å². The molecule has 9 nitrogen and oxygen atoms in total. The van der Waals surface area contributed by atoms with Crippen LogP contribution in [-0.2, 0) is 10.0 Å². The molecule has 0 amide bonds. The number of rotatable bonds is 9. The molecule has 1 atom stereocenters. The molecule has 4 aromatic rings. The topological polar surface area (TPSA) is 123 Å². The van der Waals surface area contributed by atoms with Crippen LogP contribution in [0.3, 0.4) is 0 Å². The summed E-state index contributed by atoms with van der Waals surface area (Å²) < 4.78 is 71.3. The van der Waals surface area contributed by atoms with Crippen LogP contribution in [0.5, 0.6) is 0 Å². The Morgan fingerprint density at radius 3 is 2.24 bits per heavy atom. The Morgan fingerprint density at radius 2 is 1.62 bits per heavy atom. The van der Waals surface area contributed by atoms with Gasteiger partial charge in [0, 0.05) is 18.9 Å². The molecule has 0 aliphatic rings. The number of hydrogen-bond donors (Lipinski definition) is 2. The third-order valence-corrected chi connectivity index (χ3v) is 6.07. The van der Waals surface area contributed by atoms with Crippen LogP contribution < -0.4 is 10.0 Å². The van der Waals surface area contributed by atoms with Crippen molar-refractivity contribution < 1.29 is 26.0 Å². The summed E-state index contributed by atoms with van der Waals surface area (Å²) in [6, 6.07) is 12.7. The maximum absolute atomic E-state index is 13.4. The molecule has 2 N–H and O–H groups in total. The molecule has 0 bridgehead atoms. The Hall–Kier alpha value is -3.84. The van der Waals surface area contributed by atoms with Gasteiger partial charge in [0.25, 0.3) is 11.8 Å². The molecule has 34 heavy (non-hydrogen) atoms. The molecule has 0 aliphatic carbocycles. The lowest BCUT2D eigenvalue weighted by Gasteiger charge is -2.20. The maximum Gasteiger partial charge on any atom is 0.314 e. The van der Waals surface area contributed by atoms with Crippen LogP contribution in [0.4, 0.5) is 19.1 Å². The van der Waals surface area contributed by atoms with Gasteiger partial charge >= 0.3 is 6.43 Å². The van der Waals surface area contributed by atoms with Crippen LogP contribution in [0, 0.1) is 5.82 Å². The summed E-state index contributed by atoms with van der Waals surface area (Å²) >= 11 is 0. The lowest BCUT2D eigenvalue weighted by atomic mass is 10.1. The van der Waals surface area contributed by atoms with Crippen LogP contribution in [0.2, 0.25) is 0 Å². The lowest BCUT2D eigenvalue weighted by molar-refractivity contribution is 0.116. The van der Waals surface area contributed by atoms with Crippen molar-refractivity contribution in [2.75, 3.05) is 11.9 Å². The van der Waals surface area contributed by atoms with Gasteiger partial charge in [-0.25, -0.2) is 27.5 Å². The molecule has 0 saturated heterocycles. The first kappa shape index (κ1) is 23.3. The number of nitrogens with one attached hydrogen (secondary N) is 2. The Bertz CT molecular complexity index is 1330. The minimum Gasteiger partial charge on any atom is -0.415 e. The van der Waals surface area contributed by atoms with Crippen LogP contribution in [0.1, 0.15) is 23.9 Å².